The third-order valence-electron chi connectivity index (χ3n) is 0. The molecule has 0 fully saturated rings. The fraction of sp³-hybridized carbons (Fsp3) is 0. The summed E-state index contributed by atoms with van der Waals surface area (Å²) in [7, 11) is 0. The minimum Gasteiger partial charge on any atom is -2.00 e. The summed E-state index contributed by atoms with van der Waals surface area (Å²) < 4.78 is 0. The molecule has 8 heavy (non-hydrogen) atoms. The van der Waals surface area contributed by atoms with Gasteiger partial charge in [0.2, 0.25) is 0 Å². The summed E-state index contributed by atoms with van der Waals surface area (Å²) in [6, 6.07) is 0. The van der Waals surface area contributed by atoms with Gasteiger partial charge in [-0.25, -0.2) is 0 Å². The van der Waals surface area contributed by atoms with Crippen molar-refractivity contribution in [1.82, 2.24) is 0 Å². The van der Waals surface area contributed by atoms with Crippen molar-refractivity contribution < 1.29 is 100 Å². The van der Waals surface area contributed by atoms with Gasteiger partial charge < -0.3 is 23.3 Å². The van der Waals surface area contributed by atoms with Crippen LogP contribution in [0.5, 0.6) is 0 Å². The maximum atomic E-state index is 0. The van der Waals surface area contributed by atoms with Crippen molar-refractivity contribution in [2.24, 2.45) is 0 Å². The Balaban J connectivity index is 0. The predicted octanol–water partition coefficient (Wildman–Crippen LogP) is -3.37. The Hall–Kier alpha value is 2.28. The summed E-state index contributed by atoms with van der Waals surface area (Å²) in [6.07, 6.45) is 0. The van der Waals surface area contributed by atoms with Gasteiger partial charge in [0.25, 0.3) is 0 Å². The van der Waals surface area contributed by atoms with Crippen molar-refractivity contribution in [2.45, 2.75) is 0 Å². The Labute approximate surface area is 99.3 Å². The SMILES string of the molecule is [Ag+].[H-].[Li+].[Mn+2].[O-2].[O-2].[O-2].[O-2].[V]. The molecule has 0 aliphatic rings. The van der Waals surface area contributed by atoms with E-state index in [2.05, 4.69) is 0 Å². The van der Waals surface area contributed by atoms with Gasteiger partial charge in [0.15, 0.2) is 0 Å². The molecule has 0 saturated carbocycles. The van der Waals surface area contributed by atoms with E-state index in [1.807, 2.05) is 0 Å². The first-order valence-electron chi connectivity index (χ1n) is 0. The normalized spacial score (nSPS) is 0. The minimum absolute atomic E-state index is 0. The smallest absolute Gasteiger partial charge is 2.00 e. The molecular weight excluding hydrogens is 285 g/mol. The van der Waals surface area contributed by atoms with Crippen LogP contribution in [0.1, 0.15) is 1.43 Å². The first kappa shape index (κ1) is 170. The molecule has 0 heterocycles. The second-order valence-corrected chi connectivity index (χ2v) is 0. The van der Waals surface area contributed by atoms with Gasteiger partial charge in [-0.15, -0.1) is 0 Å². The van der Waals surface area contributed by atoms with Gasteiger partial charge in [0, 0.05) is 18.6 Å². The number of hydrogen-bond acceptors (Lipinski definition) is 0. The largest absolute Gasteiger partial charge is 2.00 e. The van der Waals surface area contributed by atoms with Crippen molar-refractivity contribution in [2.75, 3.05) is 0 Å². The van der Waals surface area contributed by atoms with Gasteiger partial charge in [0.05, 0.1) is 0 Å². The molecule has 8 heteroatoms. The van der Waals surface area contributed by atoms with Crippen LogP contribution in [-0.4, -0.2) is 0 Å². The Morgan fingerprint density at radius 3 is 0.750 bits per heavy atom. The van der Waals surface area contributed by atoms with E-state index in [0.29, 0.717) is 0 Å². The first-order valence-corrected chi connectivity index (χ1v) is 0. The maximum Gasteiger partial charge on any atom is 2.00 e. The summed E-state index contributed by atoms with van der Waals surface area (Å²) in [5.74, 6) is 0. The van der Waals surface area contributed by atoms with E-state index in [1.165, 1.54) is 0 Å². The van der Waals surface area contributed by atoms with Crippen LogP contribution in [0.25, 0.3) is 0 Å². The predicted molar refractivity (Wildman–Crippen MR) is 3.86 cm³/mol. The maximum absolute atomic E-state index is 0. The first-order chi connectivity index (χ1) is 0. The van der Waals surface area contributed by atoms with E-state index in [1.54, 1.807) is 0 Å². The van der Waals surface area contributed by atoms with E-state index in [0.717, 1.165) is 0 Å². The van der Waals surface area contributed by atoms with Crippen molar-refractivity contribution >= 4 is 0 Å². The second-order valence-electron chi connectivity index (χ2n) is 0. The summed E-state index contributed by atoms with van der Waals surface area (Å²) >= 11 is 0. The van der Waals surface area contributed by atoms with Gasteiger partial charge in [-0.2, -0.15) is 0 Å². The molecule has 0 amide bonds. The van der Waals surface area contributed by atoms with Crippen molar-refractivity contribution in [3.63, 3.8) is 0 Å². The molecule has 0 aromatic heterocycles. The number of rotatable bonds is 0. The van der Waals surface area contributed by atoms with Gasteiger partial charge >= 0.3 is 58.3 Å². The molecular formula is HAgLiMnO4V-5. The third kappa shape index (κ3) is 84.4. The molecule has 0 aromatic rings. The van der Waals surface area contributed by atoms with Crippen LogP contribution in [0.15, 0.2) is 0 Å². The molecule has 0 aromatic carbocycles. The average molecular weight is 286 g/mol. The van der Waals surface area contributed by atoms with Crippen molar-refractivity contribution in [3.8, 4) is 0 Å². The van der Waals surface area contributed by atoms with E-state index in [-0.39, 0.29) is 100 Å². The van der Waals surface area contributed by atoms with Crippen LogP contribution >= 0.6 is 0 Å². The second kappa shape index (κ2) is 122. The zero-order valence-corrected chi connectivity index (χ0v) is 7.82. The molecule has 54 valence electrons. The Bertz CT molecular complexity index is 20.5. The molecule has 0 rings (SSSR count). The topological polar surface area (TPSA) is 114 Å². The summed E-state index contributed by atoms with van der Waals surface area (Å²) in [4.78, 5) is 0. The molecule has 4 nitrogen and oxygen atoms in total. The molecule has 0 saturated heterocycles. The van der Waals surface area contributed by atoms with Crippen molar-refractivity contribution in [3.05, 3.63) is 0 Å². The van der Waals surface area contributed by atoms with Gasteiger partial charge in [0.1, 0.15) is 0 Å². The fourth-order valence-corrected chi connectivity index (χ4v) is 0. The van der Waals surface area contributed by atoms with Crippen LogP contribution < -0.4 is 18.9 Å². The van der Waals surface area contributed by atoms with Crippen LogP contribution in [0.2, 0.25) is 0 Å². The van der Waals surface area contributed by atoms with Crippen molar-refractivity contribution in [1.29, 1.82) is 0 Å². The Morgan fingerprint density at radius 2 is 0.750 bits per heavy atom. The fourth-order valence-electron chi connectivity index (χ4n) is 0. The Kier molecular flexibility index (Phi) is 2600. The molecule has 0 aliphatic heterocycles. The van der Waals surface area contributed by atoms with Crippen LogP contribution in [-0.2, 0) is 79.9 Å². The third-order valence-corrected chi connectivity index (χ3v) is 0. The molecule has 0 N–H and O–H groups in total. The number of hydrogen-bond donors (Lipinski definition) is 0. The van der Waals surface area contributed by atoms with E-state index >= 15 is 0 Å². The van der Waals surface area contributed by atoms with E-state index < -0.39 is 0 Å². The van der Waals surface area contributed by atoms with Crippen LogP contribution in [0.4, 0.5) is 0 Å². The minimum atomic E-state index is 0. The molecule has 0 spiro atoms. The van der Waals surface area contributed by atoms with E-state index in [4.69, 9.17) is 0 Å². The van der Waals surface area contributed by atoms with Gasteiger partial charge in [-0.1, -0.05) is 0 Å². The van der Waals surface area contributed by atoms with E-state index in [9.17, 15) is 0 Å². The quantitative estimate of drug-likeness (QED) is 0.414. The van der Waals surface area contributed by atoms with Crippen LogP contribution in [0.3, 0.4) is 0 Å². The molecule has 0 unspecified atom stereocenters. The summed E-state index contributed by atoms with van der Waals surface area (Å²) in [5, 5.41) is 0. The van der Waals surface area contributed by atoms with Gasteiger partial charge in [-0.3, -0.25) is 0 Å². The monoisotopic (exact) mass is 285 g/mol. The zero-order chi connectivity index (χ0) is 0. The zero-order valence-electron chi connectivity index (χ0n) is 4.76. The molecule has 0 atom stereocenters. The summed E-state index contributed by atoms with van der Waals surface area (Å²) in [6.45, 7) is 0. The van der Waals surface area contributed by atoms with Crippen LogP contribution in [0, 0.1) is 0 Å². The average Bonchev–Trinajstić information content (AvgIpc) is 0. The summed E-state index contributed by atoms with van der Waals surface area (Å²) in [5.41, 5.74) is 0. The standard InChI is InChI=1S/Ag.Li.Mn.4O.V.H/q2*+1;+2;4*-2;;-1. The van der Waals surface area contributed by atoms with Gasteiger partial charge in [-0.05, 0) is 0 Å². The molecule has 0 bridgehead atoms. The molecule has 2 radical (unpaired) electrons. The Morgan fingerprint density at radius 1 is 0.750 bits per heavy atom. The molecule has 0 aliphatic carbocycles.